The van der Waals surface area contributed by atoms with Crippen molar-refractivity contribution < 1.29 is 9.53 Å². The summed E-state index contributed by atoms with van der Waals surface area (Å²) in [4.78, 5) is 27.1. The molecule has 0 saturated heterocycles. The van der Waals surface area contributed by atoms with E-state index in [1.165, 1.54) is 6.20 Å². The van der Waals surface area contributed by atoms with Gasteiger partial charge in [-0.25, -0.2) is 0 Å². The van der Waals surface area contributed by atoms with Crippen molar-refractivity contribution >= 4 is 16.8 Å². The summed E-state index contributed by atoms with van der Waals surface area (Å²) in [5.41, 5.74) is 0.618. The molecule has 0 bridgehead atoms. The van der Waals surface area contributed by atoms with Crippen LogP contribution in [0.2, 0.25) is 0 Å². The first-order valence-electron chi connectivity index (χ1n) is 6.70. The van der Waals surface area contributed by atoms with Gasteiger partial charge in [-0.3, -0.25) is 9.59 Å². The van der Waals surface area contributed by atoms with E-state index < -0.39 is 0 Å². The largest absolute Gasteiger partial charge is 0.382 e. The molecule has 2 rings (SSSR count). The number of carbonyl (C=O) groups excluding carboxylic acids is 1. The number of carbonyl (C=O) groups is 1. The second-order valence-electron chi connectivity index (χ2n) is 4.38. The third-order valence-electron chi connectivity index (χ3n) is 2.99. The second kappa shape index (κ2) is 6.86. The van der Waals surface area contributed by atoms with E-state index in [9.17, 15) is 9.59 Å². The molecule has 0 saturated carbocycles. The molecule has 5 heteroatoms. The molecule has 1 aromatic carbocycles. The number of rotatable bonds is 6. The van der Waals surface area contributed by atoms with E-state index in [2.05, 4.69) is 10.3 Å². The Morgan fingerprint density at radius 2 is 2.15 bits per heavy atom. The number of fused-ring (bicyclic) bond motifs is 1. The zero-order valence-corrected chi connectivity index (χ0v) is 11.4. The van der Waals surface area contributed by atoms with Crippen molar-refractivity contribution in [1.29, 1.82) is 0 Å². The number of aromatic amines is 1. The number of para-hydroxylation sites is 1. The molecule has 0 radical (unpaired) electrons. The lowest BCUT2D eigenvalue weighted by Gasteiger charge is -2.06. The summed E-state index contributed by atoms with van der Waals surface area (Å²) >= 11 is 0. The predicted molar refractivity (Wildman–Crippen MR) is 78.0 cm³/mol. The fourth-order valence-corrected chi connectivity index (χ4v) is 1.95. The molecule has 0 fully saturated rings. The van der Waals surface area contributed by atoms with Crippen LogP contribution in [0.25, 0.3) is 10.9 Å². The minimum absolute atomic E-state index is 0.139. The molecule has 0 atom stereocenters. The number of hydrogen-bond donors (Lipinski definition) is 2. The minimum atomic E-state index is -0.353. The highest BCUT2D eigenvalue weighted by Crippen LogP contribution is 2.06. The first kappa shape index (κ1) is 14.3. The minimum Gasteiger partial charge on any atom is -0.382 e. The van der Waals surface area contributed by atoms with E-state index in [0.717, 1.165) is 11.9 Å². The van der Waals surface area contributed by atoms with E-state index in [4.69, 9.17) is 4.74 Å². The molecular weight excluding hydrogens is 256 g/mol. The molecule has 0 aliphatic heterocycles. The second-order valence-corrected chi connectivity index (χ2v) is 4.38. The van der Waals surface area contributed by atoms with Gasteiger partial charge in [0.25, 0.3) is 5.91 Å². The Morgan fingerprint density at radius 3 is 2.95 bits per heavy atom. The fraction of sp³-hybridized carbons (Fsp3) is 0.333. The van der Waals surface area contributed by atoms with Crippen LogP contribution in [0.4, 0.5) is 0 Å². The SMILES string of the molecule is CCOCCCNC(=O)c1c[nH]c2ccccc2c1=O. The van der Waals surface area contributed by atoms with Gasteiger partial charge in [-0.1, -0.05) is 12.1 Å². The fourth-order valence-electron chi connectivity index (χ4n) is 1.95. The van der Waals surface area contributed by atoms with Crippen molar-refractivity contribution in [3.8, 4) is 0 Å². The van der Waals surface area contributed by atoms with E-state index >= 15 is 0 Å². The van der Waals surface area contributed by atoms with Gasteiger partial charge in [0.15, 0.2) is 0 Å². The number of ether oxygens (including phenoxy) is 1. The van der Waals surface area contributed by atoms with Crippen LogP contribution < -0.4 is 10.7 Å². The standard InChI is InChI=1S/C15H18N2O3/c1-2-20-9-5-8-16-15(19)12-10-17-13-7-4-3-6-11(13)14(12)18/h3-4,6-7,10H,2,5,8-9H2,1H3,(H,16,19)(H,17,18). The summed E-state index contributed by atoms with van der Waals surface area (Å²) in [6.45, 7) is 3.68. The summed E-state index contributed by atoms with van der Waals surface area (Å²) in [6, 6.07) is 7.13. The number of amides is 1. The molecule has 5 nitrogen and oxygen atoms in total. The highest BCUT2D eigenvalue weighted by atomic mass is 16.5. The van der Waals surface area contributed by atoms with Crippen LogP contribution in [0, 0.1) is 0 Å². The number of hydrogen-bond acceptors (Lipinski definition) is 3. The molecule has 0 spiro atoms. The van der Waals surface area contributed by atoms with Crippen LogP contribution in [0.15, 0.2) is 35.3 Å². The predicted octanol–water partition coefficient (Wildman–Crippen LogP) is 1.68. The molecule has 106 valence electrons. The lowest BCUT2D eigenvalue weighted by atomic mass is 10.1. The molecule has 0 unspecified atom stereocenters. The van der Waals surface area contributed by atoms with Crippen LogP contribution in [0.3, 0.4) is 0 Å². The molecule has 1 aromatic heterocycles. The molecule has 1 amide bonds. The summed E-state index contributed by atoms with van der Waals surface area (Å²) in [6.07, 6.45) is 2.19. The number of pyridine rings is 1. The number of aromatic nitrogens is 1. The number of H-pyrrole nitrogens is 1. The van der Waals surface area contributed by atoms with Gasteiger partial charge in [0.05, 0.1) is 0 Å². The first-order chi connectivity index (χ1) is 9.74. The highest BCUT2D eigenvalue weighted by molar-refractivity contribution is 5.97. The van der Waals surface area contributed by atoms with Crippen LogP contribution in [0.1, 0.15) is 23.7 Å². The zero-order chi connectivity index (χ0) is 14.4. The quantitative estimate of drug-likeness (QED) is 0.787. The Labute approximate surface area is 117 Å². The van der Waals surface area contributed by atoms with Gasteiger partial charge in [-0.05, 0) is 25.5 Å². The van der Waals surface area contributed by atoms with Crippen molar-refractivity contribution in [2.75, 3.05) is 19.8 Å². The van der Waals surface area contributed by atoms with Gasteiger partial charge >= 0.3 is 0 Å². The first-order valence-corrected chi connectivity index (χ1v) is 6.70. The van der Waals surface area contributed by atoms with Gasteiger partial charge in [-0.15, -0.1) is 0 Å². The van der Waals surface area contributed by atoms with Gasteiger partial charge in [0, 0.05) is 36.9 Å². The normalized spacial score (nSPS) is 10.7. The van der Waals surface area contributed by atoms with Gasteiger partial charge in [0.2, 0.25) is 5.43 Å². The Bertz CT molecular complexity index is 649. The zero-order valence-electron chi connectivity index (χ0n) is 11.4. The summed E-state index contributed by atoms with van der Waals surface area (Å²) in [5, 5.41) is 3.25. The average molecular weight is 274 g/mol. The Morgan fingerprint density at radius 1 is 1.35 bits per heavy atom. The van der Waals surface area contributed by atoms with E-state index in [1.54, 1.807) is 18.2 Å². The smallest absolute Gasteiger partial charge is 0.256 e. The molecule has 20 heavy (non-hydrogen) atoms. The van der Waals surface area contributed by atoms with Crippen molar-refractivity contribution in [1.82, 2.24) is 10.3 Å². The summed E-state index contributed by atoms with van der Waals surface area (Å²) < 4.78 is 5.18. The highest BCUT2D eigenvalue weighted by Gasteiger charge is 2.11. The summed E-state index contributed by atoms with van der Waals surface area (Å²) in [5.74, 6) is -0.353. The van der Waals surface area contributed by atoms with E-state index in [1.807, 2.05) is 13.0 Å². The number of nitrogens with one attached hydrogen (secondary N) is 2. The van der Waals surface area contributed by atoms with Crippen molar-refractivity contribution in [3.63, 3.8) is 0 Å². The maximum Gasteiger partial charge on any atom is 0.256 e. The molecule has 0 aliphatic carbocycles. The Balaban J connectivity index is 2.07. The van der Waals surface area contributed by atoms with Crippen LogP contribution in [0.5, 0.6) is 0 Å². The van der Waals surface area contributed by atoms with Crippen LogP contribution in [-0.4, -0.2) is 30.6 Å². The Hall–Kier alpha value is -2.14. The molecule has 2 aromatic rings. The van der Waals surface area contributed by atoms with E-state index in [0.29, 0.717) is 25.1 Å². The lowest BCUT2D eigenvalue weighted by molar-refractivity contribution is 0.0943. The summed E-state index contributed by atoms with van der Waals surface area (Å²) in [7, 11) is 0. The van der Waals surface area contributed by atoms with Crippen molar-refractivity contribution in [2.45, 2.75) is 13.3 Å². The maximum absolute atomic E-state index is 12.2. The monoisotopic (exact) mass is 274 g/mol. The van der Waals surface area contributed by atoms with E-state index in [-0.39, 0.29) is 16.9 Å². The average Bonchev–Trinajstić information content (AvgIpc) is 2.47. The molecule has 1 heterocycles. The van der Waals surface area contributed by atoms with Gasteiger partial charge in [0.1, 0.15) is 5.56 Å². The van der Waals surface area contributed by atoms with Crippen molar-refractivity contribution in [2.24, 2.45) is 0 Å². The van der Waals surface area contributed by atoms with Gasteiger partial charge < -0.3 is 15.0 Å². The molecule has 0 aliphatic rings. The molecule has 2 N–H and O–H groups in total. The number of benzene rings is 1. The topological polar surface area (TPSA) is 71.2 Å². The maximum atomic E-state index is 12.2. The third-order valence-corrected chi connectivity index (χ3v) is 2.99. The van der Waals surface area contributed by atoms with Crippen LogP contribution >= 0.6 is 0 Å². The van der Waals surface area contributed by atoms with Gasteiger partial charge in [-0.2, -0.15) is 0 Å². The molecular formula is C15H18N2O3. The third kappa shape index (κ3) is 3.24. The Kier molecular flexibility index (Phi) is 4.90. The lowest BCUT2D eigenvalue weighted by Crippen LogP contribution is -2.30. The van der Waals surface area contributed by atoms with Crippen molar-refractivity contribution in [3.05, 3.63) is 46.2 Å². The van der Waals surface area contributed by atoms with Crippen LogP contribution in [-0.2, 0) is 4.74 Å².